The fourth-order valence-corrected chi connectivity index (χ4v) is 17.5. The molecule has 3 aliphatic rings. The van der Waals surface area contributed by atoms with Crippen LogP contribution in [0.5, 0.6) is 0 Å². The number of hydrogen-bond donors (Lipinski definition) is 0. The highest BCUT2D eigenvalue weighted by molar-refractivity contribution is 6.11. The molecule has 0 N–H and O–H groups in total. The van der Waals surface area contributed by atoms with E-state index < -0.39 is 5.41 Å². The average Bonchev–Trinajstić information content (AvgIpc) is 1.51. The fraction of sp³-hybridized carbons (Fsp3) is 0.0625. The van der Waals surface area contributed by atoms with Gasteiger partial charge < -0.3 is 18.6 Å². The van der Waals surface area contributed by atoms with Gasteiger partial charge in [-0.05, 0) is 210 Å². The minimum absolute atomic E-state index is 0.258. The Balaban J connectivity index is 0.837. The highest BCUT2D eigenvalue weighted by atomic mass is 16.3. The molecule has 2 heterocycles. The first-order valence-electron chi connectivity index (χ1n) is 34.8. The van der Waals surface area contributed by atoms with E-state index in [1.54, 1.807) is 0 Å². The summed E-state index contributed by atoms with van der Waals surface area (Å²) in [7, 11) is 0. The molecule has 4 heteroatoms. The third kappa shape index (κ3) is 8.53. The first kappa shape index (κ1) is 57.7. The van der Waals surface area contributed by atoms with Crippen molar-refractivity contribution < 1.29 is 8.83 Å². The second kappa shape index (κ2) is 22.0. The Hall–Kier alpha value is -12.5. The number of benzene rings is 15. The molecule has 0 fully saturated rings. The van der Waals surface area contributed by atoms with Crippen LogP contribution in [0, 0.1) is 13.8 Å². The molecule has 0 bridgehead atoms. The van der Waals surface area contributed by atoms with Crippen molar-refractivity contribution in [1.29, 1.82) is 0 Å². The molecule has 0 atom stereocenters. The standard InChI is InChI=1S/C96H66N2O2/c1-59-21-5-6-22-71(59)72-51-48-67(53-60(72)2)97(65-44-39-61(40-45-65)73-29-19-31-83-81-27-11-17-37-91(81)99-93(73)83)69-54-64(63-43-50-80-78-26-10-16-36-88(78)96(90(80)56-63)86-34-14-8-24-76(86)77-25-9-15-35-87(77)96)55-70(57-69)98(68-49-52-79-75-23-7-13-33-85(75)95(3,4)89(79)58-68)66-46-41-62(42-47-66)74-30-20-32-84-82-28-12-18-38-92(82)100-94(74)84/h5-58H,1-4H3. The smallest absolute Gasteiger partial charge is 0.143 e. The van der Waals surface area contributed by atoms with Crippen LogP contribution in [0.4, 0.5) is 34.1 Å². The predicted molar refractivity (Wildman–Crippen MR) is 415 cm³/mol. The second-order valence-corrected chi connectivity index (χ2v) is 27.9. The molecular weight excluding hydrogens is 1210 g/mol. The molecule has 472 valence electrons. The summed E-state index contributed by atoms with van der Waals surface area (Å²) in [5.41, 5.74) is 35.7. The van der Waals surface area contributed by atoms with E-state index in [1.807, 2.05) is 12.1 Å². The predicted octanol–water partition coefficient (Wildman–Crippen LogP) is 26.4. The Morgan fingerprint density at radius 3 is 1.14 bits per heavy atom. The second-order valence-electron chi connectivity index (χ2n) is 27.9. The molecule has 4 nitrogen and oxygen atoms in total. The summed E-state index contributed by atoms with van der Waals surface area (Å²) in [6.45, 7) is 9.23. The Morgan fingerprint density at radius 1 is 0.230 bits per heavy atom. The van der Waals surface area contributed by atoms with E-state index in [0.29, 0.717) is 0 Å². The minimum atomic E-state index is -0.540. The van der Waals surface area contributed by atoms with Gasteiger partial charge in [-0.15, -0.1) is 0 Å². The average molecular weight is 1280 g/mol. The monoisotopic (exact) mass is 1280 g/mol. The van der Waals surface area contributed by atoms with Gasteiger partial charge in [0.1, 0.15) is 22.3 Å². The lowest BCUT2D eigenvalue weighted by Gasteiger charge is -2.32. The third-order valence-electron chi connectivity index (χ3n) is 22.2. The number of aryl methyl sites for hydroxylation is 2. The van der Waals surface area contributed by atoms with Crippen molar-refractivity contribution in [1.82, 2.24) is 0 Å². The van der Waals surface area contributed by atoms with Crippen LogP contribution in [0.3, 0.4) is 0 Å². The van der Waals surface area contributed by atoms with Crippen molar-refractivity contribution in [2.24, 2.45) is 0 Å². The molecule has 100 heavy (non-hydrogen) atoms. The van der Waals surface area contributed by atoms with Gasteiger partial charge in [-0.3, -0.25) is 0 Å². The zero-order valence-corrected chi connectivity index (χ0v) is 55.9. The molecule has 20 rings (SSSR count). The summed E-state index contributed by atoms with van der Waals surface area (Å²) in [6.07, 6.45) is 0. The molecular formula is C96H66N2O2. The van der Waals surface area contributed by atoms with Crippen LogP contribution in [0.15, 0.2) is 336 Å². The molecule has 3 aliphatic carbocycles. The van der Waals surface area contributed by atoms with Crippen LogP contribution in [0.2, 0.25) is 0 Å². The van der Waals surface area contributed by atoms with Gasteiger partial charge in [0.15, 0.2) is 0 Å². The van der Waals surface area contributed by atoms with Gasteiger partial charge in [0.25, 0.3) is 0 Å². The molecule has 1 spiro atoms. The lowest BCUT2D eigenvalue weighted by Crippen LogP contribution is -2.25. The molecule has 0 saturated carbocycles. The van der Waals surface area contributed by atoms with E-state index in [9.17, 15) is 0 Å². The van der Waals surface area contributed by atoms with Gasteiger partial charge in [0.05, 0.1) is 5.41 Å². The summed E-state index contributed by atoms with van der Waals surface area (Å²) < 4.78 is 13.4. The van der Waals surface area contributed by atoms with Crippen LogP contribution in [-0.4, -0.2) is 0 Å². The first-order valence-corrected chi connectivity index (χ1v) is 34.8. The van der Waals surface area contributed by atoms with Gasteiger partial charge in [-0.2, -0.15) is 0 Å². The van der Waals surface area contributed by atoms with Crippen LogP contribution < -0.4 is 9.80 Å². The van der Waals surface area contributed by atoms with Crippen molar-refractivity contribution >= 4 is 78.0 Å². The lowest BCUT2D eigenvalue weighted by molar-refractivity contribution is 0.660. The Labute approximate surface area is 581 Å². The molecule has 0 aliphatic heterocycles. The molecule has 15 aromatic carbocycles. The summed E-state index contributed by atoms with van der Waals surface area (Å²) in [4.78, 5) is 4.97. The maximum atomic E-state index is 6.70. The zero-order valence-electron chi connectivity index (χ0n) is 55.9. The number of anilines is 6. The van der Waals surface area contributed by atoms with Gasteiger partial charge in [0.2, 0.25) is 0 Å². The molecule has 0 unspecified atom stereocenters. The van der Waals surface area contributed by atoms with Crippen molar-refractivity contribution in [2.45, 2.75) is 38.5 Å². The summed E-state index contributed by atoms with van der Waals surface area (Å²) in [6, 6.07) is 122. The van der Waals surface area contributed by atoms with Gasteiger partial charge in [0, 0.05) is 72.2 Å². The van der Waals surface area contributed by atoms with Crippen LogP contribution in [0.1, 0.15) is 58.4 Å². The highest BCUT2D eigenvalue weighted by Crippen LogP contribution is 2.63. The van der Waals surface area contributed by atoms with Crippen molar-refractivity contribution in [3.8, 4) is 77.9 Å². The Kier molecular flexibility index (Phi) is 12.7. The van der Waals surface area contributed by atoms with Crippen LogP contribution >= 0.6 is 0 Å². The van der Waals surface area contributed by atoms with E-state index >= 15 is 0 Å². The summed E-state index contributed by atoms with van der Waals surface area (Å²) in [5, 5.41) is 4.44. The summed E-state index contributed by atoms with van der Waals surface area (Å²) in [5.74, 6) is 0. The largest absolute Gasteiger partial charge is 0.455 e. The topological polar surface area (TPSA) is 32.8 Å². The van der Waals surface area contributed by atoms with Crippen molar-refractivity contribution in [2.75, 3.05) is 9.80 Å². The van der Waals surface area contributed by atoms with E-state index in [-0.39, 0.29) is 5.41 Å². The summed E-state index contributed by atoms with van der Waals surface area (Å²) >= 11 is 0. The maximum Gasteiger partial charge on any atom is 0.143 e. The number of rotatable bonds is 10. The SMILES string of the molecule is Cc1ccccc1-c1ccc(N(c2ccc(-c3cccc4c3oc3ccccc34)cc2)c2cc(-c3ccc4c(c3)C3(c5ccccc5-c5ccccc53)c3ccccc3-4)cc(N(c3ccc(-c4cccc5c4oc4ccccc45)cc3)c3ccc4c(c3)C(C)(C)c3ccccc3-4)c2)cc1C. The minimum Gasteiger partial charge on any atom is -0.455 e. The molecule has 0 saturated heterocycles. The Morgan fingerprint density at radius 2 is 0.610 bits per heavy atom. The van der Waals surface area contributed by atoms with Crippen molar-refractivity contribution in [3.05, 3.63) is 372 Å². The molecule has 0 radical (unpaired) electrons. The van der Waals surface area contributed by atoms with Crippen LogP contribution in [-0.2, 0) is 10.8 Å². The third-order valence-corrected chi connectivity index (χ3v) is 22.2. The fourth-order valence-electron chi connectivity index (χ4n) is 17.5. The van der Waals surface area contributed by atoms with E-state index in [1.165, 1.54) is 89.0 Å². The number of para-hydroxylation sites is 4. The van der Waals surface area contributed by atoms with E-state index in [4.69, 9.17) is 8.83 Å². The quantitative estimate of drug-likeness (QED) is 0.137. The van der Waals surface area contributed by atoms with Gasteiger partial charge in [-0.25, -0.2) is 0 Å². The van der Waals surface area contributed by atoms with Crippen LogP contribution in [0.25, 0.3) is 122 Å². The van der Waals surface area contributed by atoms with E-state index in [0.717, 1.165) is 111 Å². The molecule has 2 aromatic heterocycles. The normalized spacial score (nSPS) is 13.4. The number of hydrogen-bond acceptors (Lipinski definition) is 4. The van der Waals surface area contributed by atoms with Gasteiger partial charge in [-0.1, -0.05) is 257 Å². The molecule has 0 amide bonds. The van der Waals surface area contributed by atoms with E-state index in [2.05, 4.69) is 353 Å². The maximum absolute atomic E-state index is 6.70. The molecule has 17 aromatic rings. The number of furan rings is 2. The lowest BCUT2D eigenvalue weighted by atomic mass is 9.70. The Bertz CT molecular complexity index is 6170. The van der Waals surface area contributed by atoms with Gasteiger partial charge >= 0.3 is 0 Å². The number of fused-ring (bicyclic) bond motifs is 19. The first-order chi connectivity index (χ1) is 49.1. The highest BCUT2D eigenvalue weighted by Gasteiger charge is 2.51. The zero-order chi connectivity index (χ0) is 66.5. The van der Waals surface area contributed by atoms with Crippen molar-refractivity contribution in [3.63, 3.8) is 0 Å². The number of nitrogens with zero attached hydrogens (tertiary/aromatic N) is 2.